The molecule has 0 spiro atoms. The van der Waals surface area contributed by atoms with Crippen molar-refractivity contribution < 1.29 is 0 Å². The highest BCUT2D eigenvalue weighted by atomic mass is 32.1. The number of aromatic nitrogens is 2. The van der Waals surface area contributed by atoms with Gasteiger partial charge in [-0.2, -0.15) is 0 Å². The lowest BCUT2D eigenvalue weighted by Crippen LogP contribution is -2.00. The van der Waals surface area contributed by atoms with E-state index in [9.17, 15) is 0 Å². The molecule has 3 heteroatoms. The van der Waals surface area contributed by atoms with E-state index in [1.165, 1.54) is 11.1 Å². The van der Waals surface area contributed by atoms with Crippen LogP contribution in [0.1, 0.15) is 38.2 Å². The van der Waals surface area contributed by atoms with Crippen molar-refractivity contribution >= 4 is 21.6 Å². The van der Waals surface area contributed by atoms with Crippen LogP contribution < -0.4 is 0 Å². The van der Waals surface area contributed by atoms with Crippen LogP contribution in [-0.2, 0) is 6.42 Å². The van der Waals surface area contributed by atoms with Crippen LogP contribution in [0.2, 0.25) is 0 Å². The number of rotatable bonds is 2. The minimum absolute atomic E-state index is 0.473. The lowest BCUT2D eigenvalue weighted by Gasteiger charge is -2.07. The third kappa shape index (κ3) is 1.52. The largest absolute Gasteiger partial charge is 0.237 e. The van der Waals surface area contributed by atoms with Gasteiger partial charge >= 0.3 is 0 Å². The van der Waals surface area contributed by atoms with Gasteiger partial charge in [0, 0.05) is 11.8 Å². The van der Waals surface area contributed by atoms with Gasteiger partial charge in [-0.25, -0.2) is 9.97 Å². The highest BCUT2D eigenvalue weighted by Crippen LogP contribution is 2.26. The zero-order valence-corrected chi connectivity index (χ0v) is 9.56. The summed E-state index contributed by atoms with van der Waals surface area (Å²) in [5.74, 6) is 1.43. The van der Waals surface area contributed by atoms with E-state index in [0.29, 0.717) is 5.92 Å². The predicted molar refractivity (Wildman–Crippen MR) is 60.9 cm³/mol. The topological polar surface area (TPSA) is 25.8 Å². The first-order chi connectivity index (χ1) is 6.72. The first kappa shape index (κ1) is 9.59. The van der Waals surface area contributed by atoms with Crippen molar-refractivity contribution in [3.8, 4) is 0 Å². The second-order valence-electron chi connectivity index (χ2n) is 3.67. The first-order valence-corrected chi connectivity index (χ1v) is 5.84. The zero-order chi connectivity index (χ0) is 10.1. The van der Waals surface area contributed by atoms with Gasteiger partial charge in [-0.05, 0) is 17.4 Å². The number of thiophene rings is 1. The number of hydrogen-bond donors (Lipinski definition) is 0. The average Bonchev–Trinajstić information content (AvgIpc) is 2.63. The van der Waals surface area contributed by atoms with E-state index >= 15 is 0 Å². The molecule has 2 aromatic rings. The maximum absolute atomic E-state index is 4.59. The quantitative estimate of drug-likeness (QED) is 0.752. The first-order valence-electron chi connectivity index (χ1n) is 4.96. The fourth-order valence-electron chi connectivity index (χ4n) is 1.52. The highest BCUT2D eigenvalue weighted by molar-refractivity contribution is 7.16. The lowest BCUT2D eigenvalue weighted by molar-refractivity contribution is 0.805. The van der Waals surface area contributed by atoms with Gasteiger partial charge in [0.15, 0.2) is 0 Å². The Morgan fingerprint density at radius 2 is 2.14 bits per heavy atom. The van der Waals surface area contributed by atoms with Gasteiger partial charge < -0.3 is 0 Å². The van der Waals surface area contributed by atoms with Crippen molar-refractivity contribution in [3.05, 3.63) is 23.0 Å². The number of nitrogens with zero attached hydrogens (tertiary/aromatic N) is 2. The molecule has 2 heterocycles. The summed E-state index contributed by atoms with van der Waals surface area (Å²) < 4.78 is 0. The molecule has 0 bridgehead atoms. The van der Waals surface area contributed by atoms with E-state index in [0.717, 1.165) is 17.1 Å². The van der Waals surface area contributed by atoms with Crippen LogP contribution in [-0.4, -0.2) is 9.97 Å². The Morgan fingerprint density at radius 1 is 1.36 bits per heavy atom. The Kier molecular flexibility index (Phi) is 2.50. The van der Waals surface area contributed by atoms with E-state index in [1.54, 1.807) is 11.3 Å². The van der Waals surface area contributed by atoms with Crippen molar-refractivity contribution in [1.29, 1.82) is 0 Å². The van der Waals surface area contributed by atoms with Gasteiger partial charge in [-0.15, -0.1) is 11.3 Å². The summed E-state index contributed by atoms with van der Waals surface area (Å²) in [6.07, 6.45) is 0.910. The summed E-state index contributed by atoms with van der Waals surface area (Å²) in [5, 5.41) is 3.31. The normalized spacial score (nSPS) is 11.4. The third-order valence-corrected chi connectivity index (χ3v) is 3.07. The summed E-state index contributed by atoms with van der Waals surface area (Å²) >= 11 is 1.70. The fraction of sp³-hybridized carbons (Fsp3) is 0.455. The van der Waals surface area contributed by atoms with E-state index < -0.39 is 0 Å². The number of hydrogen-bond acceptors (Lipinski definition) is 3. The van der Waals surface area contributed by atoms with Gasteiger partial charge in [-0.1, -0.05) is 20.8 Å². The van der Waals surface area contributed by atoms with Crippen molar-refractivity contribution in [2.75, 3.05) is 0 Å². The third-order valence-electron chi connectivity index (χ3n) is 2.26. The zero-order valence-electron chi connectivity index (χ0n) is 8.74. The van der Waals surface area contributed by atoms with Crippen molar-refractivity contribution in [2.24, 2.45) is 0 Å². The Labute approximate surface area is 88.0 Å². The van der Waals surface area contributed by atoms with Crippen molar-refractivity contribution in [1.82, 2.24) is 9.97 Å². The SMILES string of the molecule is CCc1nc(C(C)C)c2ccsc2n1. The van der Waals surface area contributed by atoms with Crippen LogP contribution in [0.25, 0.3) is 10.2 Å². The smallest absolute Gasteiger partial charge is 0.130 e. The maximum Gasteiger partial charge on any atom is 0.130 e. The Balaban J connectivity index is 2.70. The molecule has 0 aliphatic heterocycles. The lowest BCUT2D eigenvalue weighted by atomic mass is 10.1. The standard InChI is InChI=1S/C11H14N2S/c1-4-9-12-10(7(2)3)8-5-6-14-11(8)13-9/h5-7H,4H2,1-3H3. The minimum atomic E-state index is 0.473. The molecule has 2 aromatic heterocycles. The molecule has 0 saturated carbocycles. The van der Waals surface area contributed by atoms with Gasteiger partial charge in [0.25, 0.3) is 0 Å². The molecule has 0 saturated heterocycles. The molecule has 2 rings (SSSR count). The van der Waals surface area contributed by atoms with E-state index in [-0.39, 0.29) is 0 Å². The summed E-state index contributed by atoms with van der Waals surface area (Å²) in [6.45, 7) is 6.46. The van der Waals surface area contributed by atoms with Gasteiger partial charge in [0.05, 0.1) is 5.69 Å². The summed E-state index contributed by atoms with van der Waals surface area (Å²) in [4.78, 5) is 10.2. The molecule has 0 amide bonds. The molecular weight excluding hydrogens is 192 g/mol. The molecular formula is C11H14N2S. The van der Waals surface area contributed by atoms with E-state index in [2.05, 4.69) is 42.2 Å². The molecule has 0 fully saturated rings. The van der Waals surface area contributed by atoms with E-state index in [4.69, 9.17) is 0 Å². The second kappa shape index (κ2) is 3.65. The van der Waals surface area contributed by atoms with Crippen LogP contribution >= 0.6 is 11.3 Å². The Morgan fingerprint density at radius 3 is 2.79 bits per heavy atom. The molecule has 74 valence electrons. The molecule has 2 nitrogen and oxygen atoms in total. The summed E-state index contributed by atoms with van der Waals surface area (Å²) in [5.41, 5.74) is 1.19. The molecule has 0 aliphatic carbocycles. The van der Waals surface area contributed by atoms with Crippen molar-refractivity contribution in [3.63, 3.8) is 0 Å². The van der Waals surface area contributed by atoms with Crippen LogP contribution in [0.5, 0.6) is 0 Å². The van der Waals surface area contributed by atoms with Crippen LogP contribution in [0.4, 0.5) is 0 Å². The predicted octanol–water partition coefficient (Wildman–Crippen LogP) is 3.38. The highest BCUT2D eigenvalue weighted by Gasteiger charge is 2.10. The molecule has 0 N–H and O–H groups in total. The molecule has 0 unspecified atom stereocenters. The van der Waals surface area contributed by atoms with Gasteiger partial charge in [-0.3, -0.25) is 0 Å². The second-order valence-corrected chi connectivity index (χ2v) is 4.57. The van der Waals surface area contributed by atoms with Crippen LogP contribution in [0.3, 0.4) is 0 Å². The van der Waals surface area contributed by atoms with E-state index in [1.807, 2.05) is 0 Å². The van der Waals surface area contributed by atoms with Crippen molar-refractivity contribution in [2.45, 2.75) is 33.1 Å². The summed E-state index contributed by atoms with van der Waals surface area (Å²) in [6, 6.07) is 2.12. The van der Waals surface area contributed by atoms with Gasteiger partial charge in [0.1, 0.15) is 10.7 Å². The van der Waals surface area contributed by atoms with Crippen LogP contribution in [0.15, 0.2) is 11.4 Å². The Hall–Kier alpha value is -0.960. The average molecular weight is 206 g/mol. The van der Waals surface area contributed by atoms with Gasteiger partial charge in [0.2, 0.25) is 0 Å². The number of aryl methyl sites for hydroxylation is 1. The Bertz CT molecular complexity index is 445. The fourth-order valence-corrected chi connectivity index (χ4v) is 2.31. The van der Waals surface area contributed by atoms with Crippen LogP contribution in [0, 0.1) is 0 Å². The molecule has 0 atom stereocenters. The number of fused-ring (bicyclic) bond motifs is 1. The monoisotopic (exact) mass is 206 g/mol. The molecule has 14 heavy (non-hydrogen) atoms. The maximum atomic E-state index is 4.59. The molecule has 0 aliphatic rings. The molecule has 0 radical (unpaired) electrons. The summed E-state index contributed by atoms with van der Waals surface area (Å²) in [7, 11) is 0. The molecule has 0 aromatic carbocycles. The minimum Gasteiger partial charge on any atom is -0.237 e.